The first-order valence-corrected chi connectivity index (χ1v) is 29.4. The van der Waals surface area contributed by atoms with E-state index in [2.05, 4.69) is 53.8 Å². The second-order valence-electron chi connectivity index (χ2n) is 17.9. The van der Waals surface area contributed by atoms with Crippen LogP contribution in [0.1, 0.15) is 32.0 Å². The van der Waals surface area contributed by atoms with E-state index < -0.39 is 135 Å². The number of hydrogen-bond donors (Lipinski definition) is 11. The summed E-state index contributed by atoms with van der Waals surface area (Å²) in [5, 5.41) is 36.4. The van der Waals surface area contributed by atoms with E-state index in [4.69, 9.17) is 48.7 Å². The molecule has 0 bridgehead atoms. The molecule has 0 amide bonds. The summed E-state index contributed by atoms with van der Waals surface area (Å²) in [6.45, 7) is -1.07. The molecule has 9 rings (SSSR count). The van der Waals surface area contributed by atoms with Gasteiger partial charge in [0.25, 0.3) is 16.7 Å². The number of aliphatic hydroxyl groups is 3. The molecule has 0 saturated carbocycles. The maximum absolute atomic E-state index is 14.4. The topological polar surface area (TPSA) is 531 Å². The summed E-state index contributed by atoms with van der Waals surface area (Å²) in [6, 6.07) is 0. The molecule has 6 aromatic heterocycles. The van der Waals surface area contributed by atoms with Crippen molar-refractivity contribution in [1.29, 1.82) is 0 Å². The van der Waals surface area contributed by atoms with Gasteiger partial charge in [-0.25, -0.2) is 38.2 Å². The molecule has 3 aliphatic heterocycles. The Morgan fingerprint density at radius 3 is 2.04 bits per heavy atom. The van der Waals surface area contributed by atoms with Gasteiger partial charge < -0.3 is 84.5 Å². The Balaban J connectivity index is 0.889. The van der Waals surface area contributed by atoms with Gasteiger partial charge in [-0.1, -0.05) is 0 Å². The third-order valence-corrected chi connectivity index (χ3v) is 19.0. The number of anilines is 3. The van der Waals surface area contributed by atoms with Crippen LogP contribution in [0, 0.1) is 5.92 Å². The first-order chi connectivity index (χ1) is 37.3. The predicted octanol–water partition coefficient (Wildman–Crippen LogP) is -3.13. The minimum atomic E-state index is -6.20. The third kappa shape index (κ3) is 11.8. The Morgan fingerprint density at radius 1 is 0.747 bits per heavy atom. The first-order valence-electron chi connectivity index (χ1n) is 23.3. The number of rotatable bonds is 23. The van der Waals surface area contributed by atoms with Gasteiger partial charge in [0, 0.05) is 33.3 Å². The molecule has 3 fully saturated rings. The zero-order chi connectivity index (χ0) is 57.1. The lowest BCUT2D eigenvalue weighted by molar-refractivity contribution is -0.646. The van der Waals surface area contributed by atoms with Crippen molar-refractivity contribution < 1.29 is 104 Å². The van der Waals surface area contributed by atoms with Crippen LogP contribution in [0.5, 0.6) is 0 Å². The van der Waals surface area contributed by atoms with Gasteiger partial charge in [0.05, 0.1) is 57.4 Å². The number of nitrogen functional groups attached to an aromatic ring is 2. The molecule has 38 nitrogen and oxygen atoms in total. The Morgan fingerprint density at radius 2 is 1.37 bits per heavy atom. The van der Waals surface area contributed by atoms with Crippen LogP contribution in [-0.4, -0.2) is 179 Å². The molecule has 0 radical (unpaired) electrons. The summed E-state index contributed by atoms with van der Waals surface area (Å²) in [5.74, 6) is -1.23. The average molecular weight is 1200 g/mol. The molecule has 3 aliphatic rings. The summed E-state index contributed by atoms with van der Waals surface area (Å²) < 4.78 is 112. The van der Waals surface area contributed by atoms with Crippen molar-refractivity contribution in [1.82, 2.24) is 53.6 Å². The summed E-state index contributed by atoms with van der Waals surface area (Å²) in [5.41, 5.74) is 8.13. The molecule has 79 heavy (non-hydrogen) atoms. The number of imidazole rings is 3. The number of phosphoric ester groups is 2. The number of hydrogen-bond acceptors (Lipinski definition) is 29. The summed E-state index contributed by atoms with van der Waals surface area (Å²) >= 11 is 0. The molecular formula is C37H53N15O23P4. The lowest BCUT2D eigenvalue weighted by Gasteiger charge is -2.35. The maximum atomic E-state index is 14.4. The van der Waals surface area contributed by atoms with Gasteiger partial charge in [0.1, 0.15) is 50.0 Å². The summed E-state index contributed by atoms with van der Waals surface area (Å²) in [6.07, 6.45) is -11.2. The molecule has 16 atom stereocenters. The van der Waals surface area contributed by atoms with Gasteiger partial charge in [-0.3, -0.25) is 37.7 Å². The van der Waals surface area contributed by atoms with Crippen molar-refractivity contribution in [3.63, 3.8) is 0 Å². The monoisotopic (exact) mass is 1200 g/mol. The first kappa shape index (κ1) is 58.5. The van der Waals surface area contributed by atoms with Crippen molar-refractivity contribution >= 4 is 82.3 Å². The number of fused-ring (bicyclic) bond motifs is 3. The number of H-pyrrole nitrogens is 2. The van der Waals surface area contributed by atoms with Crippen LogP contribution in [0.15, 0.2) is 34.9 Å². The van der Waals surface area contributed by atoms with Gasteiger partial charge in [-0.05, 0) is 13.3 Å². The van der Waals surface area contributed by atoms with E-state index in [1.54, 1.807) is 14.0 Å². The number of aryl methyl sites for hydroxylation is 1. The van der Waals surface area contributed by atoms with Crippen molar-refractivity contribution in [2.24, 2.45) is 13.0 Å². The number of nitrogens with zero attached hydrogens (tertiary/aromatic N) is 10. The number of nitrogens with two attached hydrogens (primary N) is 2. The fraction of sp³-hybridized carbons (Fsp3) is 0.595. The zero-order valence-corrected chi connectivity index (χ0v) is 45.1. The fourth-order valence-corrected chi connectivity index (χ4v) is 14.6. The van der Waals surface area contributed by atoms with Crippen LogP contribution in [0.2, 0.25) is 0 Å². The van der Waals surface area contributed by atoms with Gasteiger partial charge in [0.2, 0.25) is 24.5 Å². The number of methoxy groups -OCH3 is 2. The van der Waals surface area contributed by atoms with Crippen LogP contribution in [0.3, 0.4) is 0 Å². The largest absolute Gasteiger partial charge is 0.778 e. The Bertz CT molecular complexity index is 3550. The molecule has 0 spiro atoms. The lowest BCUT2D eigenvalue weighted by atomic mass is 9.95. The lowest BCUT2D eigenvalue weighted by Crippen LogP contribution is -2.40. The molecule has 9 heterocycles. The standard InChI is InChI=1S/C37H53N15O23P4/c1-5-40-37-46-30-21(32(57)48-37)49(2)14-52(30)33-22(53)15(6-7-66-3)16(71-33)8-69-77(60,61)74-79(64,65)75-78(62,63)70-10-18-26(25(67-4)35(73-18)50-12-43-19-27(38)41-11-42-28(19)50)76(58,59)68-9-17-23(54)24(55)34(72-17)51-13-44-20-29(51)45-36(39)47-31(20)56/h11-18,22-26,33-35,53-55H,5-10H2,1-4H3,(H10-,38,39,40,41,42,45,46,47,48,56,57,58,59,60,61,62,63,64,65)/t15-,16-,17-,18-,22-,23-,24-,25-,26-,33-,34-,35-/m1/s1. The van der Waals surface area contributed by atoms with Crippen LogP contribution >= 0.6 is 31.1 Å². The van der Waals surface area contributed by atoms with E-state index in [-0.39, 0.29) is 64.2 Å². The van der Waals surface area contributed by atoms with E-state index in [0.29, 0.717) is 6.54 Å². The predicted molar refractivity (Wildman–Crippen MR) is 259 cm³/mol. The molecule has 434 valence electrons. The van der Waals surface area contributed by atoms with E-state index in [9.17, 15) is 62.7 Å². The van der Waals surface area contributed by atoms with Crippen LogP contribution < -0.4 is 37.4 Å². The van der Waals surface area contributed by atoms with Crippen molar-refractivity contribution in [2.45, 2.75) is 80.4 Å². The number of phosphoric acid groups is 3. The highest BCUT2D eigenvalue weighted by molar-refractivity contribution is 7.66. The van der Waals surface area contributed by atoms with Crippen molar-refractivity contribution in [3.8, 4) is 0 Å². The summed E-state index contributed by atoms with van der Waals surface area (Å²) in [4.78, 5) is 101. The fourth-order valence-electron chi connectivity index (χ4n) is 9.41. The van der Waals surface area contributed by atoms with Crippen LogP contribution in [-0.2, 0) is 71.2 Å². The minimum Gasteiger partial charge on any atom is -0.778 e. The number of aromatic amines is 2. The number of ether oxygens (including phenoxy) is 5. The van der Waals surface area contributed by atoms with Gasteiger partial charge in [-0.2, -0.15) is 23.2 Å². The Hall–Kier alpha value is -5.11. The normalized spacial score (nSPS) is 29.5. The molecule has 0 aliphatic carbocycles. The minimum absolute atomic E-state index is 0.0158. The molecular weight excluding hydrogens is 1150 g/mol. The smallest absolute Gasteiger partial charge is 0.490 e. The second kappa shape index (κ2) is 22.7. The number of nitrogens with one attached hydrogen (secondary N) is 3. The van der Waals surface area contributed by atoms with Crippen LogP contribution in [0.25, 0.3) is 33.5 Å². The van der Waals surface area contributed by atoms with Crippen LogP contribution in [0.4, 0.5) is 17.7 Å². The van der Waals surface area contributed by atoms with E-state index in [0.717, 1.165) is 30.7 Å². The van der Waals surface area contributed by atoms with Gasteiger partial charge >= 0.3 is 29.0 Å². The van der Waals surface area contributed by atoms with E-state index >= 15 is 0 Å². The second-order valence-corrected chi connectivity index (χ2v) is 24.5. The SMILES string of the molecule is CCNc1nc2c(c(=O)[nH]1)[n+](C)cn2[C@@H]1O[C@H](COP(=O)(O)OP(=O)(O)OP(=O)(O)OC[C@H]2O[C@@H](n3cnc4c(N)ncnc43)[C@H](OC)[C@@H]2P(=O)([O-])OC[C@H]2O[C@@H](n3cnc4c(=O)[nH]c(N)nc43)[C@H](O)[C@@H]2O)[C@@H](CCOC)[C@H]1O. The van der Waals surface area contributed by atoms with Gasteiger partial charge in [-0.15, -0.1) is 0 Å². The van der Waals surface area contributed by atoms with Crippen molar-refractivity contribution in [3.05, 3.63) is 46.0 Å². The quantitative estimate of drug-likeness (QED) is 0.0223. The summed E-state index contributed by atoms with van der Waals surface area (Å²) in [7, 11) is -19.6. The van der Waals surface area contributed by atoms with E-state index in [1.807, 2.05) is 0 Å². The molecule has 13 N–H and O–H groups in total. The Kier molecular flexibility index (Phi) is 16.8. The highest BCUT2D eigenvalue weighted by atomic mass is 31.3. The molecule has 6 aromatic rings. The van der Waals surface area contributed by atoms with E-state index in [1.165, 1.54) is 27.1 Å². The number of aliphatic hydroxyl groups excluding tert-OH is 3. The van der Waals surface area contributed by atoms with Crippen molar-refractivity contribution in [2.75, 3.05) is 64.0 Å². The van der Waals surface area contributed by atoms with Gasteiger partial charge in [0.15, 0.2) is 35.1 Å². The highest BCUT2D eigenvalue weighted by Crippen LogP contribution is 2.68. The maximum Gasteiger partial charge on any atom is 0.490 e. The number of aromatic nitrogens is 12. The molecule has 42 heteroatoms. The molecule has 3 saturated heterocycles. The average Bonchev–Trinajstić information content (AvgIpc) is 4.41. The third-order valence-electron chi connectivity index (χ3n) is 12.9. The Labute approximate surface area is 441 Å². The highest BCUT2D eigenvalue weighted by Gasteiger charge is 2.55. The molecule has 4 unspecified atom stereocenters. The molecule has 0 aromatic carbocycles. The zero-order valence-electron chi connectivity index (χ0n) is 41.5.